The number of carboxylic acids is 1. The normalized spacial score (nSPS) is 10.1. The second-order valence-electron chi connectivity index (χ2n) is 3.70. The average molecular weight is 262 g/mol. The number of aromatic nitrogens is 2. The van der Waals surface area contributed by atoms with Crippen LogP contribution in [-0.4, -0.2) is 21.0 Å². The summed E-state index contributed by atoms with van der Waals surface area (Å²) in [5, 5.41) is 8.96. The van der Waals surface area contributed by atoms with E-state index in [0.717, 1.165) is 0 Å². The number of benzene rings is 1. The molecule has 0 fully saturated rings. The van der Waals surface area contributed by atoms with Crippen molar-refractivity contribution in [3.8, 4) is 5.75 Å². The highest BCUT2D eigenvalue weighted by atomic mass is 16.5. The molecule has 0 unspecified atom stereocenters. The van der Waals surface area contributed by atoms with Crippen molar-refractivity contribution < 1.29 is 14.6 Å². The Labute approximate surface area is 106 Å². The smallest absolute Gasteiger partial charge is 0.339 e. The van der Waals surface area contributed by atoms with E-state index in [1.54, 1.807) is 12.1 Å². The standard InChI is InChI=1S/C12H10N2O5/c15-10-5-7(13-12(18)14-10)6-19-9-4-2-1-3-8(9)11(16)17/h1-5H,6H2,(H,16,17)(H2,13,14,15,18). The van der Waals surface area contributed by atoms with Crippen molar-refractivity contribution in [3.63, 3.8) is 0 Å². The molecular formula is C12H10N2O5. The maximum absolute atomic E-state index is 11.1. The van der Waals surface area contributed by atoms with E-state index in [9.17, 15) is 14.4 Å². The topological polar surface area (TPSA) is 112 Å². The van der Waals surface area contributed by atoms with Gasteiger partial charge in [0.1, 0.15) is 17.9 Å². The fourth-order valence-corrected chi connectivity index (χ4v) is 1.52. The van der Waals surface area contributed by atoms with Crippen molar-refractivity contribution in [1.29, 1.82) is 0 Å². The van der Waals surface area contributed by atoms with Crippen LogP contribution < -0.4 is 16.0 Å². The highest BCUT2D eigenvalue weighted by Gasteiger charge is 2.10. The molecule has 0 atom stereocenters. The molecule has 0 aliphatic carbocycles. The van der Waals surface area contributed by atoms with Gasteiger partial charge < -0.3 is 14.8 Å². The van der Waals surface area contributed by atoms with Crippen LogP contribution in [-0.2, 0) is 6.61 Å². The number of carboxylic acid groups (broad SMARTS) is 1. The first-order valence-electron chi connectivity index (χ1n) is 5.34. The molecule has 98 valence electrons. The van der Waals surface area contributed by atoms with Gasteiger partial charge in [-0.05, 0) is 12.1 Å². The maximum Gasteiger partial charge on any atom is 0.339 e. The Morgan fingerprint density at radius 1 is 1.21 bits per heavy atom. The van der Waals surface area contributed by atoms with Crippen LogP contribution in [0, 0.1) is 0 Å². The number of hydrogen-bond donors (Lipinski definition) is 3. The molecule has 7 nitrogen and oxygen atoms in total. The zero-order valence-corrected chi connectivity index (χ0v) is 9.67. The molecule has 1 aromatic heterocycles. The Kier molecular flexibility index (Phi) is 3.46. The number of para-hydroxylation sites is 1. The minimum atomic E-state index is -1.12. The number of ether oxygens (including phenoxy) is 1. The SMILES string of the molecule is O=C(O)c1ccccc1OCc1cc(=O)[nH]c(=O)[nH]1. The lowest BCUT2D eigenvalue weighted by atomic mass is 10.2. The van der Waals surface area contributed by atoms with Crippen LogP contribution in [0.1, 0.15) is 16.1 Å². The molecular weight excluding hydrogens is 252 g/mol. The van der Waals surface area contributed by atoms with Crippen LogP contribution in [0.5, 0.6) is 5.75 Å². The molecule has 0 aliphatic heterocycles. The van der Waals surface area contributed by atoms with Gasteiger partial charge in [0.05, 0.1) is 5.69 Å². The molecule has 3 N–H and O–H groups in total. The van der Waals surface area contributed by atoms with Crippen molar-refractivity contribution in [3.05, 3.63) is 62.4 Å². The van der Waals surface area contributed by atoms with E-state index < -0.39 is 17.2 Å². The summed E-state index contributed by atoms with van der Waals surface area (Å²) in [5.41, 5.74) is -0.921. The minimum absolute atomic E-state index is 0.00897. The van der Waals surface area contributed by atoms with Crippen LogP contribution in [0.2, 0.25) is 0 Å². The van der Waals surface area contributed by atoms with Gasteiger partial charge in [0, 0.05) is 6.07 Å². The summed E-state index contributed by atoms with van der Waals surface area (Å²) in [7, 11) is 0. The van der Waals surface area contributed by atoms with Crippen molar-refractivity contribution in [2.24, 2.45) is 0 Å². The highest BCUT2D eigenvalue weighted by Crippen LogP contribution is 2.18. The predicted octanol–water partition coefficient (Wildman–Crippen LogP) is 0.340. The van der Waals surface area contributed by atoms with Gasteiger partial charge in [0.2, 0.25) is 0 Å². The number of rotatable bonds is 4. The molecule has 2 aromatic rings. The van der Waals surface area contributed by atoms with E-state index >= 15 is 0 Å². The number of hydrogen-bond acceptors (Lipinski definition) is 4. The molecule has 0 saturated carbocycles. The lowest BCUT2D eigenvalue weighted by Crippen LogP contribution is -2.23. The number of nitrogens with one attached hydrogen (secondary N) is 2. The summed E-state index contributed by atoms with van der Waals surface area (Å²) in [4.78, 5) is 37.5. The van der Waals surface area contributed by atoms with E-state index in [4.69, 9.17) is 9.84 Å². The van der Waals surface area contributed by atoms with Crippen LogP contribution in [0.4, 0.5) is 0 Å². The summed E-state index contributed by atoms with van der Waals surface area (Å²) < 4.78 is 5.29. The summed E-state index contributed by atoms with van der Waals surface area (Å²) in [6.07, 6.45) is 0. The van der Waals surface area contributed by atoms with Gasteiger partial charge in [-0.1, -0.05) is 12.1 Å². The number of H-pyrrole nitrogens is 2. The van der Waals surface area contributed by atoms with Crippen molar-refractivity contribution >= 4 is 5.97 Å². The average Bonchev–Trinajstić information content (AvgIpc) is 2.35. The first kappa shape index (κ1) is 12.6. The minimum Gasteiger partial charge on any atom is -0.486 e. The Balaban J connectivity index is 2.21. The Hall–Kier alpha value is -2.83. The number of aromatic carboxylic acids is 1. The number of aromatic amines is 2. The van der Waals surface area contributed by atoms with Gasteiger partial charge >= 0.3 is 11.7 Å². The molecule has 1 aromatic carbocycles. The fourth-order valence-electron chi connectivity index (χ4n) is 1.52. The molecule has 0 aliphatic rings. The van der Waals surface area contributed by atoms with Gasteiger partial charge in [-0.3, -0.25) is 9.78 Å². The third-order valence-electron chi connectivity index (χ3n) is 2.32. The molecule has 0 spiro atoms. The summed E-state index contributed by atoms with van der Waals surface area (Å²) in [6.45, 7) is -0.108. The second-order valence-corrected chi connectivity index (χ2v) is 3.70. The first-order valence-corrected chi connectivity index (χ1v) is 5.34. The summed E-state index contributed by atoms with van der Waals surface area (Å²) >= 11 is 0. The fraction of sp³-hybridized carbons (Fsp3) is 0.0833. The molecule has 0 bridgehead atoms. The lowest BCUT2D eigenvalue weighted by Gasteiger charge is -2.08. The molecule has 0 saturated heterocycles. The Bertz CT molecular complexity index is 688. The Morgan fingerprint density at radius 3 is 2.63 bits per heavy atom. The Morgan fingerprint density at radius 2 is 1.95 bits per heavy atom. The maximum atomic E-state index is 11.1. The molecule has 0 amide bonds. The largest absolute Gasteiger partial charge is 0.486 e. The van der Waals surface area contributed by atoms with E-state index in [1.807, 2.05) is 4.98 Å². The van der Waals surface area contributed by atoms with E-state index in [-0.39, 0.29) is 23.6 Å². The van der Waals surface area contributed by atoms with Gasteiger partial charge in [-0.15, -0.1) is 0 Å². The zero-order valence-electron chi connectivity index (χ0n) is 9.67. The molecule has 1 heterocycles. The predicted molar refractivity (Wildman–Crippen MR) is 65.4 cm³/mol. The molecule has 7 heteroatoms. The van der Waals surface area contributed by atoms with E-state index in [2.05, 4.69) is 4.98 Å². The quantitative estimate of drug-likeness (QED) is 0.735. The third-order valence-corrected chi connectivity index (χ3v) is 2.32. The molecule has 19 heavy (non-hydrogen) atoms. The summed E-state index contributed by atoms with van der Waals surface area (Å²) in [6, 6.07) is 7.27. The molecule has 2 rings (SSSR count). The number of carbonyl (C=O) groups is 1. The highest BCUT2D eigenvalue weighted by molar-refractivity contribution is 5.90. The van der Waals surface area contributed by atoms with Crippen LogP contribution >= 0.6 is 0 Å². The van der Waals surface area contributed by atoms with E-state index in [1.165, 1.54) is 18.2 Å². The van der Waals surface area contributed by atoms with Crippen LogP contribution in [0.25, 0.3) is 0 Å². The summed E-state index contributed by atoms with van der Waals surface area (Å²) in [5.74, 6) is -0.953. The third kappa shape index (κ3) is 3.09. The lowest BCUT2D eigenvalue weighted by molar-refractivity contribution is 0.0691. The first-order chi connectivity index (χ1) is 9.06. The van der Waals surface area contributed by atoms with Crippen molar-refractivity contribution in [1.82, 2.24) is 9.97 Å². The van der Waals surface area contributed by atoms with E-state index in [0.29, 0.717) is 0 Å². The second kappa shape index (κ2) is 5.21. The monoisotopic (exact) mass is 262 g/mol. The van der Waals surface area contributed by atoms with Crippen LogP contribution in [0.15, 0.2) is 39.9 Å². The van der Waals surface area contributed by atoms with Gasteiger partial charge in [-0.2, -0.15) is 0 Å². The van der Waals surface area contributed by atoms with Gasteiger partial charge in [0.15, 0.2) is 0 Å². The molecule has 0 radical (unpaired) electrons. The van der Waals surface area contributed by atoms with Gasteiger partial charge in [-0.25, -0.2) is 9.59 Å². The van der Waals surface area contributed by atoms with Gasteiger partial charge in [0.25, 0.3) is 5.56 Å². The zero-order chi connectivity index (χ0) is 13.8. The van der Waals surface area contributed by atoms with Crippen molar-refractivity contribution in [2.45, 2.75) is 6.61 Å². The van der Waals surface area contributed by atoms with Crippen molar-refractivity contribution in [2.75, 3.05) is 0 Å². The van der Waals surface area contributed by atoms with Crippen LogP contribution in [0.3, 0.4) is 0 Å².